The van der Waals surface area contributed by atoms with Crippen molar-refractivity contribution in [2.45, 2.75) is 12.8 Å². The number of hydrogen-bond acceptors (Lipinski definition) is 6. The summed E-state index contributed by atoms with van der Waals surface area (Å²) in [5.41, 5.74) is 4.81. The summed E-state index contributed by atoms with van der Waals surface area (Å²) in [5.74, 6) is 1.01. The third-order valence-corrected chi connectivity index (χ3v) is 6.74. The van der Waals surface area contributed by atoms with E-state index in [9.17, 15) is 9.59 Å². The van der Waals surface area contributed by atoms with E-state index in [-0.39, 0.29) is 18.4 Å². The van der Waals surface area contributed by atoms with E-state index in [4.69, 9.17) is 14.5 Å². The minimum atomic E-state index is -0.225. The van der Waals surface area contributed by atoms with E-state index >= 15 is 0 Å². The molecule has 3 N–H and O–H groups in total. The van der Waals surface area contributed by atoms with Gasteiger partial charge in [-0.1, -0.05) is 30.3 Å². The Kier molecular flexibility index (Phi) is 7.69. The number of rotatable bonds is 9. The monoisotopic (exact) mass is 575 g/mol. The molecule has 0 saturated heterocycles. The van der Waals surface area contributed by atoms with Crippen LogP contribution in [0.3, 0.4) is 0 Å². The van der Waals surface area contributed by atoms with Gasteiger partial charge in [0.2, 0.25) is 0 Å². The van der Waals surface area contributed by atoms with Crippen molar-refractivity contribution in [1.29, 1.82) is 0 Å². The van der Waals surface area contributed by atoms with Crippen molar-refractivity contribution in [3.05, 3.63) is 82.1 Å². The predicted octanol–water partition coefficient (Wildman–Crippen LogP) is 3.93. The summed E-state index contributed by atoms with van der Waals surface area (Å²) in [4.78, 5) is 36.9. The highest BCUT2D eigenvalue weighted by atomic mass is 79.9. The lowest BCUT2D eigenvalue weighted by Gasteiger charge is -2.14. The molecule has 2 aromatic carbocycles. The Balaban J connectivity index is 1.28. The third-order valence-electron chi connectivity index (χ3n) is 6.15. The molecule has 1 aliphatic heterocycles. The Morgan fingerprint density at radius 1 is 1.16 bits per heavy atom. The van der Waals surface area contributed by atoms with Crippen LogP contribution in [0, 0.1) is 0 Å². The largest absolute Gasteiger partial charge is 0.493 e. The predicted molar refractivity (Wildman–Crippen MR) is 146 cm³/mol. The second-order valence-corrected chi connectivity index (χ2v) is 9.56. The molecule has 0 unspecified atom stereocenters. The number of benzene rings is 2. The van der Waals surface area contributed by atoms with Crippen LogP contribution in [0.4, 0.5) is 0 Å². The normalized spacial score (nSPS) is 12.4. The van der Waals surface area contributed by atoms with Crippen LogP contribution in [0.1, 0.15) is 21.6 Å². The molecule has 10 heteroatoms. The molecule has 38 heavy (non-hydrogen) atoms. The van der Waals surface area contributed by atoms with Crippen molar-refractivity contribution in [3.63, 3.8) is 0 Å². The molecule has 9 nitrogen and oxygen atoms in total. The minimum absolute atomic E-state index is 0.0860. The van der Waals surface area contributed by atoms with Gasteiger partial charge in [-0.15, -0.1) is 0 Å². The highest BCUT2D eigenvalue weighted by molar-refractivity contribution is 9.10. The maximum absolute atomic E-state index is 12.3. The lowest BCUT2D eigenvalue weighted by Crippen LogP contribution is -2.31. The van der Waals surface area contributed by atoms with Crippen LogP contribution in [0.5, 0.6) is 11.5 Å². The van der Waals surface area contributed by atoms with Gasteiger partial charge in [0.1, 0.15) is 0 Å². The molecule has 1 aliphatic rings. The standard InChI is InChI=1S/C28H26BrN5O4/c1-37-24-14-18(13-20(29)26(24)38-16-25(35)30-10-7-17-5-3-2-4-6-17)27-31-11-9-22(34-27)23-15-19-21(33-23)8-12-32-28(19)36/h2-6,9,11,13-15,33H,7-8,10,12,16H2,1H3,(H,30,35)(H,32,36). The number of carbonyl (C=O) groups excluding carboxylic acids is 2. The number of methoxy groups -OCH3 is 1. The molecule has 5 rings (SSSR count). The van der Waals surface area contributed by atoms with Crippen LogP contribution in [0.25, 0.3) is 22.8 Å². The number of hydrogen-bond donors (Lipinski definition) is 3. The fourth-order valence-corrected chi connectivity index (χ4v) is 4.80. The molecule has 2 aromatic heterocycles. The van der Waals surface area contributed by atoms with Gasteiger partial charge in [0.15, 0.2) is 23.9 Å². The van der Waals surface area contributed by atoms with E-state index in [1.807, 2.05) is 42.5 Å². The molecule has 0 bridgehead atoms. The lowest BCUT2D eigenvalue weighted by atomic mass is 10.1. The summed E-state index contributed by atoms with van der Waals surface area (Å²) in [6, 6.07) is 17.1. The second kappa shape index (κ2) is 11.5. The molecular weight excluding hydrogens is 550 g/mol. The maximum Gasteiger partial charge on any atom is 0.257 e. The van der Waals surface area contributed by atoms with Crippen LogP contribution < -0.4 is 20.1 Å². The zero-order chi connectivity index (χ0) is 26.5. The number of aromatic amines is 1. The summed E-state index contributed by atoms with van der Waals surface area (Å²) >= 11 is 3.54. The molecule has 4 aromatic rings. The molecule has 194 valence electrons. The molecule has 2 amide bonds. The van der Waals surface area contributed by atoms with Crippen molar-refractivity contribution in [3.8, 4) is 34.3 Å². The van der Waals surface area contributed by atoms with Crippen LogP contribution in [0.15, 0.2) is 65.3 Å². The maximum atomic E-state index is 12.3. The first-order valence-electron chi connectivity index (χ1n) is 12.2. The summed E-state index contributed by atoms with van der Waals surface area (Å²) in [6.45, 7) is 0.976. The van der Waals surface area contributed by atoms with Crippen LogP contribution in [-0.2, 0) is 17.6 Å². The Morgan fingerprint density at radius 2 is 2.00 bits per heavy atom. The molecule has 0 saturated carbocycles. The topological polar surface area (TPSA) is 118 Å². The summed E-state index contributed by atoms with van der Waals surface area (Å²) in [5, 5.41) is 5.72. The van der Waals surface area contributed by atoms with Gasteiger partial charge in [-0.3, -0.25) is 9.59 Å². The Labute approximate surface area is 228 Å². The number of aromatic nitrogens is 3. The van der Waals surface area contributed by atoms with Crippen molar-refractivity contribution < 1.29 is 19.1 Å². The molecule has 0 aliphatic carbocycles. The van der Waals surface area contributed by atoms with E-state index in [1.165, 1.54) is 7.11 Å². The number of H-pyrrole nitrogens is 1. The van der Waals surface area contributed by atoms with E-state index < -0.39 is 0 Å². The van der Waals surface area contributed by atoms with E-state index in [0.717, 1.165) is 29.8 Å². The zero-order valence-corrected chi connectivity index (χ0v) is 22.3. The highest BCUT2D eigenvalue weighted by Crippen LogP contribution is 2.39. The SMILES string of the molecule is COc1cc(-c2nccc(-c3cc4c([nH]3)CCNC4=O)n2)cc(Br)c1OCC(=O)NCCc1ccccc1. The van der Waals surface area contributed by atoms with E-state index in [1.54, 1.807) is 18.3 Å². The molecule has 3 heterocycles. The Morgan fingerprint density at radius 3 is 2.79 bits per heavy atom. The zero-order valence-electron chi connectivity index (χ0n) is 20.7. The Hall–Kier alpha value is -4.18. The first-order chi connectivity index (χ1) is 18.5. The number of nitrogens with zero attached hydrogens (tertiary/aromatic N) is 2. The van der Waals surface area contributed by atoms with Gasteiger partial charge < -0.3 is 25.1 Å². The number of fused-ring (bicyclic) bond motifs is 1. The van der Waals surface area contributed by atoms with Crippen molar-refractivity contribution in [1.82, 2.24) is 25.6 Å². The summed E-state index contributed by atoms with van der Waals surface area (Å²) in [6.07, 6.45) is 3.16. The number of halogens is 1. The van der Waals surface area contributed by atoms with Gasteiger partial charge >= 0.3 is 0 Å². The van der Waals surface area contributed by atoms with Crippen LogP contribution >= 0.6 is 15.9 Å². The number of carbonyl (C=O) groups is 2. The van der Waals surface area contributed by atoms with E-state index in [0.29, 0.717) is 51.7 Å². The van der Waals surface area contributed by atoms with Gasteiger partial charge in [-0.05, 0) is 52.2 Å². The minimum Gasteiger partial charge on any atom is -0.493 e. The Bertz CT molecular complexity index is 1470. The van der Waals surface area contributed by atoms with Gasteiger partial charge in [0.25, 0.3) is 11.8 Å². The molecule has 0 atom stereocenters. The fourth-order valence-electron chi connectivity index (χ4n) is 4.25. The first-order valence-corrected chi connectivity index (χ1v) is 13.0. The van der Waals surface area contributed by atoms with Crippen molar-refractivity contribution in [2.75, 3.05) is 26.8 Å². The molecule has 0 fully saturated rings. The quantitative estimate of drug-likeness (QED) is 0.278. The number of amides is 2. The van der Waals surface area contributed by atoms with Gasteiger partial charge in [-0.25, -0.2) is 9.97 Å². The smallest absolute Gasteiger partial charge is 0.257 e. The van der Waals surface area contributed by atoms with Crippen molar-refractivity contribution in [2.24, 2.45) is 0 Å². The average molecular weight is 576 g/mol. The second-order valence-electron chi connectivity index (χ2n) is 8.71. The van der Waals surface area contributed by atoms with Gasteiger partial charge in [0, 0.05) is 37.0 Å². The van der Waals surface area contributed by atoms with Crippen LogP contribution in [-0.4, -0.2) is 53.6 Å². The number of nitrogens with one attached hydrogen (secondary N) is 3. The molecule has 0 spiro atoms. The average Bonchev–Trinajstić information content (AvgIpc) is 3.39. The number of ether oxygens (including phenoxy) is 2. The molecule has 0 radical (unpaired) electrons. The first kappa shape index (κ1) is 25.5. The van der Waals surface area contributed by atoms with Crippen molar-refractivity contribution >= 4 is 27.7 Å². The molecular formula is C28H26BrN5O4. The summed E-state index contributed by atoms with van der Waals surface area (Å²) < 4.78 is 11.9. The van der Waals surface area contributed by atoms with E-state index in [2.05, 4.69) is 36.5 Å². The fraction of sp³-hybridized carbons (Fsp3) is 0.214. The van der Waals surface area contributed by atoms with Gasteiger partial charge in [0.05, 0.1) is 28.5 Å². The lowest BCUT2D eigenvalue weighted by molar-refractivity contribution is -0.123. The summed E-state index contributed by atoms with van der Waals surface area (Å²) in [7, 11) is 1.53. The third kappa shape index (κ3) is 5.70. The highest BCUT2D eigenvalue weighted by Gasteiger charge is 2.21. The van der Waals surface area contributed by atoms with Gasteiger partial charge in [-0.2, -0.15) is 0 Å². The van der Waals surface area contributed by atoms with Crippen LogP contribution in [0.2, 0.25) is 0 Å².